The van der Waals surface area contributed by atoms with Crippen LogP contribution in [0.5, 0.6) is 0 Å². The highest BCUT2D eigenvalue weighted by Crippen LogP contribution is 2.39. The lowest BCUT2D eigenvalue weighted by atomic mass is 10.0. The highest BCUT2D eigenvalue weighted by atomic mass is 35.5. The average molecular weight is 394 g/mol. The summed E-state index contributed by atoms with van der Waals surface area (Å²) < 4.78 is 15.9. The lowest BCUT2D eigenvalue weighted by molar-refractivity contribution is 0.629. The van der Waals surface area contributed by atoms with E-state index in [4.69, 9.17) is 46.4 Å². The Morgan fingerprint density at radius 1 is 1.09 bits per heavy atom. The molecule has 0 aliphatic rings. The molecular formula is C13H5Cl4FN4O. The molecule has 23 heavy (non-hydrogen) atoms. The van der Waals surface area contributed by atoms with E-state index in [1.54, 1.807) is 0 Å². The molecule has 2 heterocycles. The van der Waals surface area contributed by atoms with Crippen molar-refractivity contribution < 1.29 is 4.39 Å². The first-order valence-corrected chi connectivity index (χ1v) is 7.54. The molecule has 0 aliphatic heterocycles. The first kappa shape index (κ1) is 16.3. The van der Waals surface area contributed by atoms with Gasteiger partial charge in [-0.2, -0.15) is 0 Å². The fraction of sp³-hybridized carbons (Fsp3) is 0. The van der Waals surface area contributed by atoms with E-state index in [0.717, 1.165) is 0 Å². The van der Waals surface area contributed by atoms with Crippen LogP contribution < -0.4 is 5.56 Å². The van der Waals surface area contributed by atoms with Gasteiger partial charge in [0.05, 0.1) is 21.9 Å². The zero-order valence-corrected chi connectivity index (χ0v) is 14.0. The zero-order valence-electron chi connectivity index (χ0n) is 10.9. The second kappa shape index (κ2) is 6.13. The molecule has 0 saturated carbocycles. The number of pyridine rings is 1. The van der Waals surface area contributed by atoms with E-state index in [2.05, 4.69) is 15.3 Å². The summed E-state index contributed by atoms with van der Waals surface area (Å²) in [5.41, 5.74) is -0.479. The van der Waals surface area contributed by atoms with Crippen LogP contribution in [0.2, 0.25) is 20.2 Å². The average Bonchev–Trinajstić information content (AvgIpc) is 2.94. The third-order valence-electron chi connectivity index (χ3n) is 3.02. The lowest BCUT2D eigenvalue weighted by Gasteiger charge is -2.13. The summed E-state index contributed by atoms with van der Waals surface area (Å²) in [7, 11) is 0. The quantitative estimate of drug-likeness (QED) is 0.702. The number of nitrogens with one attached hydrogen (secondary N) is 1. The summed E-state index contributed by atoms with van der Waals surface area (Å²) in [6.45, 7) is 0. The van der Waals surface area contributed by atoms with Crippen LogP contribution in [0, 0.1) is 5.82 Å². The maximum atomic E-state index is 14.7. The van der Waals surface area contributed by atoms with Crippen molar-refractivity contribution in [2.45, 2.75) is 0 Å². The summed E-state index contributed by atoms with van der Waals surface area (Å²) in [4.78, 5) is 14.1. The van der Waals surface area contributed by atoms with Crippen molar-refractivity contribution in [3.05, 3.63) is 60.9 Å². The van der Waals surface area contributed by atoms with Gasteiger partial charge >= 0.3 is 0 Å². The molecule has 2 aromatic heterocycles. The largest absolute Gasteiger partial charge is 0.326 e. The van der Waals surface area contributed by atoms with Gasteiger partial charge in [0.1, 0.15) is 5.02 Å². The van der Waals surface area contributed by atoms with Crippen molar-refractivity contribution in [2.24, 2.45) is 0 Å². The zero-order chi connectivity index (χ0) is 16.7. The Hall–Kier alpha value is -1.60. The first-order chi connectivity index (χ1) is 10.9. The molecular weight excluding hydrogens is 389 g/mol. The molecule has 0 saturated heterocycles. The smallest absolute Gasteiger partial charge is 0.267 e. The fourth-order valence-electron chi connectivity index (χ4n) is 2.04. The minimum atomic E-state index is -0.801. The minimum Gasteiger partial charge on any atom is -0.326 e. The van der Waals surface area contributed by atoms with Crippen LogP contribution in [0.25, 0.3) is 16.8 Å². The predicted octanol–water partition coefficient (Wildman–Crippen LogP) is 4.38. The summed E-state index contributed by atoms with van der Waals surface area (Å²) in [5, 5.41) is 7.12. The van der Waals surface area contributed by atoms with Crippen LogP contribution in [0.3, 0.4) is 0 Å². The Bertz CT molecular complexity index is 969. The van der Waals surface area contributed by atoms with Crippen LogP contribution in [0.1, 0.15) is 0 Å². The minimum absolute atomic E-state index is 0.00120. The molecule has 10 heteroatoms. The molecule has 1 aromatic carbocycles. The van der Waals surface area contributed by atoms with E-state index < -0.39 is 11.4 Å². The van der Waals surface area contributed by atoms with Crippen LogP contribution in [-0.2, 0) is 0 Å². The Morgan fingerprint density at radius 2 is 1.83 bits per heavy atom. The van der Waals surface area contributed by atoms with Crippen LogP contribution in [-0.4, -0.2) is 20.0 Å². The number of hydrogen-bond donors (Lipinski definition) is 1. The SMILES string of the molecule is O=c1[nH]cc(Cl)c(-c2c(-n3cc(Cl)nn3)ccc(Cl)c2F)c1Cl. The highest BCUT2D eigenvalue weighted by Gasteiger charge is 2.23. The number of aromatic amines is 1. The Labute approximate surface area is 148 Å². The first-order valence-electron chi connectivity index (χ1n) is 6.03. The normalized spacial score (nSPS) is 11.0. The molecule has 0 spiro atoms. The van der Waals surface area contributed by atoms with Gasteiger partial charge in [-0.25, -0.2) is 9.07 Å². The molecule has 0 fully saturated rings. The second-order valence-electron chi connectivity index (χ2n) is 4.40. The molecule has 0 atom stereocenters. The van der Waals surface area contributed by atoms with Crippen molar-refractivity contribution in [3.8, 4) is 16.8 Å². The van der Waals surface area contributed by atoms with E-state index in [0.29, 0.717) is 0 Å². The van der Waals surface area contributed by atoms with E-state index in [1.165, 1.54) is 29.2 Å². The van der Waals surface area contributed by atoms with Crippen molar-refractivity contribution in [2.75, 3.05) is 0 Å². The number of aromatic nitrogens is 4. The third-order valence-corrected chi connectivity index (χ3v) is 4.15. The van der Waals surface area contributed by atoms with Gasteiger partial charge in [0.25, 0.3) is 5.56 Å². The second-order valence-corrected chi connectivity index (χ2v) is 5.98. The molecule has 0 unspecified atom stereocenters. The summed E-state index contributed by atoms with van der Waals surface area (Å²) in [6, 6.07) is 2.82. The number of nitrogens with zero attached hydrogens (tertiary/aromatic N) is 3. The summed E-state index contributed by atoms with van der Waals surface area (Å²) in [6.07, 6.45) is 2.58. The molecule has 0 aliphatic carbocycles. The topological polar surface area (TPSA) is 63.6 Å². The lowest BCUT2D eigenvalue weighted by Crippen LogP contribution is -2.09. The molecule has 118 valence electrons. The Kier molecular flexibility index (Phi) is 4.33. The van der Waals surface area contributed by atoms with E-state index in [1.807, 2.05) is 0 Å². The Balaban J connectivity index is 2.42. The van der Waals surface area contributed by atoms with E-state index in [-0.39, 0.29) is 37.0 Å². The fourth-order valence-corrected chi connectivity index (χ4v) is 2.87. The number of benzene rings is 1. The predicted molar refractivity (Wildman–Crippen MR) is 87.4 cm³/mol. The molecule has 3 aromatic rings. The summed E-state index contributed by atoms with van der Waals surface area (Å²) >= 11 is 23.7. The number of rotatable bonds is 2. The molecule has 1 N–H and O–H groups in total. The summed E-state index contributed by atoms with van der Waals surface area (Å²) in [5.74, 6) is -0.801. The van der Waals surface area contributed by atoms with Gasteiger partial charge in [-0.1, -0.05) is 51.6 Å². The maximum Gasteiger partial charge on any atom is 0.267 e. The number of hydrogen-bond acceptors (Lipinski definition) is 3. The van der Waals surface area contributed by atoms with Crippen molar-refractivity contribution in [3.63, 3.8) is 0 Å². The van der Waals surface area contributed by atoms with Gasteiger partial charge in [0.2, 0.25) is 0 Å². The molecule has 3 rings (SSSR count). The van der Waals surface area contributed by atoms with Crippen molar-refractivity contribution in [1.29, 1.82) is 0 Å². The van der Waals surface area contributed by atoms with Gasteiger partial charge in [-0.15, -0.1) is 5.10 Å². The van der Waals surface area contributed by atoms with E-state index >= 15 is 0 Å². The Morgan fingerprint density at radius 3 is 2.48 bits per heavy atom. The van der Waals surface area contributed by atoms with Crippen LogP contribution in [0.4, 0.5) is 4.39 Å². The maximum absolute atomic E-state index is 14.7. The number of H-pyrrole nitrogens is 1. The number of halogens is 5. The van der Waals surface area contributed by atoms with E-state index in [9.17, 15) is 9.18 Å². The molecule has 0 radical (unpaired) electrons. The standard InChI is InChI=1S/C13H5Cl4FN4O/c14-5-1-2-7(22-4-8(16)20-21-22)10(12(5)18)9-6(15)3-19-13(23)11(9)17/h1-4H,(H,19,23). The van der Waals surface area contributed by atoms with Gasteiger partial charge < -0.3 is 4.98 Å². The monoisotopic (exact) mass is 392 g/mol. The van der Waals surface area contributed by atoms with Gasteiger partial charge in [0.15, 0.2) is 11.0 Å². The third kappa shape index (κ3) is 2.83. The van der Waals surface area contributed by atoms with Gasteiger partial charge in [-0.3, -0.25) is 4.79 Å². The molecule has 0 bridgehead atoms. The van der Waals surface area contributed by atoms with Crippen LogP contribution >= 0.6 is 46.4 Å². The van der Waals surface area contributed by atoms with Crippen molar-refractivity contribution in [1.82, 2.24) is 20.0 Å². The van der Waals surface area contributed by atoms with Crippen molar-refractivity contribution >= 4 is 46.4 Å². The molecule has 5 nitrogen and oxygen atoms in total. The van der Waals surface area contributed by atoms with Gasteiger partial charge in [-0.05, 0) is 12.1 Å². The van der Waals surface area contributed by atoms with Gasteiger partial charge in [0, 0.05) is 17.3 Å². The van der Waals surface area contributed by atoms with Crippen LogP contribution in [0.15, 0.2) is 29.3 Å². The highest BCUT2D eigenvalue weighted by molar-refractivity contribution is 6.39. The molecule has 0 amide bonds.